The minimum atomic E-state index is 0.405. The van der Waals surface area contributed by atoms with Gasteiger partial charge in [-0.05, 0) is 44.0 Å². The molecule has 0 fully saturated rings. The highest BCUT2D eigenvalue weighted by Gasteiger charge is 2.14. The van der Waals surface area contributed by atoms with E-state index in [1.54, 1.807) is 11.3 Å². The Bertz CT molecular complexity index is 805. The molecule has 0 N–H and O–H groups in total. The number of aromatic nitrogens is 2. The lowest BCUT2D eigenvalue weighted by Crippen LogP contribution is -1.93. The molecule has 0 bridgehead atoms. The van der Waals surface area contributed by atoms with E-state index in [2.05, 4.69) is 29.9 Å². The van der Waals surface area contributed by atoms with Crippen molar-refractivity contribution in [2.45, 2.75) is 20.8 Å². The summed E-state index contributed by atoms with van der Waals surface area (Å²) >= 11 is 14.2. The number of hydrogen-bond acceptors (Lipinski definition) is 3. The van der Waals surface area contributed by atoms with E-state index in [0.717, 1.165) is 21.3 Å². The van der Waals surface area contributed by atoms with Gasteiger partial charge >= 0.3 is 0 Å². The molecule has 3 rings (SSSR count). The Morgan fingerprint density at radius 2 is 1.75 bits per heavy atom. The van der Waals surface area contributed by atoms with E-state index in [-0.39, 0.29) is 0 Å². The van der Waals surface area contributed by atoms with E-state index < -0.39 is 0 Å². The van der Waals surface area contributed by atoms with Crippen LogP contribution in [0, 0.1) is 20.8 Å². The molecular formula is C15H12Cl2N2S. The normalized spacial score (nSPS) is 11.2. The van der Waals surface area contributed by atoms with Gasteiger partial charge in [0.15, 0.2) is 5.82 Å². The number of halogens is 2. The van der Waals surface area contributed by atoms with Gasteiger partial charge in [-0.1, -0.05) is 29.3 Å². The summed E-state index contributed by atoms with van der Waals surface area (Å²) in [6.45, 7) is 6.17. The molecule has 3 aromatic rings. The Kier molecular flexibility index (Phi) is 3.44. The Morgan fingerprint density at radius 3 is 2.40 bits per heavy atom. The number of aryl methyl sites for hydroxylation is 3. The summed E-state index contributed by atoms with van der Waals surface area (Å²) in [5, 5.41) is 1.71. The molecule has 2 heterocycles. The lowest BCUT2D eigenvalue weighted by Gasteiger charge is -2.07. The van der Waals surface area contributed by atoms with Crippen LogP contribution < -0.4 is 0 Å². The summed E-state index contributed by atoms with van der Waals surface area (Å²) in [6.07, 6.45) is 0. The van der Waals surface area contributed by atoms with Gasteiger partial charge in [0.1, 0.15) is 5.15 Å². The maximum Gasteiger partial charge on any atom is 0.171 e. The Hall–Kier alpha value is -1.16. The first-order chi connectivity index (χ1) is 9.47. The first kappa shape index (κ1) is 13.8. The van der Waals surface area contributed by atoms with Crippen molar-refractivity contribution in [3.05, 3.63) is 44.4 Å². The zero-order chi connectivity index (χ0) is 14.4. The van der Waals surface area contributed by atoms with Crippen LogP contribution in [0.4, 0.5) is 0 Å². The summed E-state index contributed by atoms with van der Waals surface area (Å²) in [5.41, 5.74) is 3.10. The topological polar surface area (TPSA) is 25.8 Å². The molecule has 2 nitrogen and oxygen atoms in total. The van der Waals surface area contributed by atoms with Gasteiger partial charge in [-0.25, -0.2) is 9.97 Å². The first-order valence-electron chi connectivity index (χ1n) is 6.17. The highest BCUT2D eigenvalue weighted by atomic mass is 35.5. The minimum Gasteiger partial charge on any atom is -0.227 e. The van der Waals surface area contributed by atoms with E-state index in [0.29, 0.717) is 16.0 Å². The molecule has 5 heteroatoms. The summed E-state index contributed by atoms with van der Waals surface area (Å²) in [6, 6.07) is 5.87. The van der Waals surface area contributed by atoms with Crippen molar-refractivity contribution in [3.63, 3.8) is 0 Å². The van der Waals surface area contributed by atoms with Crippen LogP contribution in [0.5, 0.6) is 0 Å². The zero-order valence-electron chi connectivity index (χ0n) is 11.3. The fourth-order valence-corrected chi connectivity index (χ4v) is 3.61. The van der Waals surface area contributed by atoms with Crippen LogP contribution in [0.25, 0.3) is 21.6 Å². The van der Waals surface area contributed by atoms with Gasteiger partial charge in [-0.15, -0.1) is 11.3 Å². The van der Waals surface area contributed by atoms with Crippen molar-refractivity contribution in [3.8, 4) is 10.7 Å². The molecule has 2 aromatic heterocycles. The molecular weight excluding hydrogens is 311 g/mol. The number of nitrogens with zero attached hydrogens (tertiary/aromatic N) is 2. The molecule has 0 saturated heterocycles. The van der Waals surface area contributed by atoms with Crippen LogP contribution in [0.2, 0.25) is 10.2 Å². The second-order valence-corrected chi connectivity index (χ2v) is 6.80. The van der Waals surface area contributed by atoms with Crippen molar-refractivity contribution in [2.75, 3.05) is 0 Å². The average Bonchev–Trinajstić information content (AvgIpc) is 2.74. The molecule has 0 aliphatic heterocycles. The van der Waals surface area contributed by atoms with Gasteiger partial charge in [0.2, 0.25) is 0 Å². The van der Waals surface area contributed by atoms with Crippen molar-refractivity contribution in [1.82, 2.24) is 9.97 Å². The van der Waals surface area contributed by atoms with Gasteiger partial charge in [0.05, 0.1) is 20.8 Å². The second-order valence-electron chi connectivity index (χ2n) is 4.78. The van der Waals surface area contributed by atoms with Crippen LogP contribution in [0.1, 0.15) is 16.0 Å². The lowest BCUT2D eigenvalue weighted by molar-refractivity contribution is 1.23. The maximum absolute atomic E-state index is 6.31. The molecule has 0 spiro atoms. The third-order valence-electron chi connectivity index (χ3n) is 3.34. The molecule has 0 saturated carbocycles. The average molecular weight is 323 g/mol. The monoisotopic (exact) mass is 322 g/mol. The summed E-state index contributed by atoms with van der Waals surface area (Å²) in [4.78, 5) is 11.4. The minimum absolute atomic E-state index is 0.405. The molecule has 20 heavy (non-hydrogen) atoms. The van der Waals surface area contributed by atoms with Crippen LogP contribution in [0.3, 0.4) is 0 Å². The van der Waals surface area contributed by atoms with Gasteiger partial charge in [-0.3, -0.25) is 0 Å². The highest BCUT2D eigenvalue weighted by molar-refractivity contribution is 7.15. The van der Waals surface area contributed by atoms with Crippen LogP contribution in [-0.2, 0) is 0 Å². The summed E-state index contributed by atoms with van der Waals surface area (Å²) < 4.78 is 0. The van der Waals surface area contributed by atoms with Crippen LogP contribution in [0.15, 0.2) is 18.2 Å². The number of fused-ring (bicyclic) bond motifs is 1. The van der Waals surface area contributed by atoms with Crippen molar-refractivity contribution >= 4 is 45.4 Å². The molecule has 0 aliphatic carbocycles. The quantitative estimate of drug-likeness (QED) is 0.546. The third kappa shape index (κ3) is 2.20. The smallest absolute Gasteiger partial charge is 0.171 e. The fourth-order valence-electron chi connectivity index (χ4n) is 2.08. The third-order valence-corrected chi connectivity index (χ3v) is 5.08. The van der Waals surface area contributed by atoms with E-state index in [4.69, 9.17) is 23.2 Å². The van der Waals surface area contributed by atoms with E-state index in [1.807, 2.05) is 19.1 Å². The fraction of sp³-hybridized carbons (Fsp3) is 0.200. The first-order valence-corrected chi connectivity index (χ1v) is 7.74. The van der Waals surface area contributed by atoms with Crippen molar-refractivity contribution in [2.24, 2.45) is 0 Å². The second kappa shape index (κ2) is 4.99. The Morgan fingerprint density at radius 1 is 1.00 bits per heavy atom. The molecule has 0 aliphatic rings. The molecule has 0 atom stereocenters. The highest BCUT2D eigenvalue weighted by Crippen LogP contribution is 2.34. The predicted octanol–water partition coefficient (Wildman–Crippen LogP) is 5.59. The largest absolute Gasteiger partial charge is 0.227 e. The summed E-state index contributed by atoms with van der Waals surface area (Å²) in [7, 11) is 0. The Balaban J connectivity index is 2.32. The zero-order valence-corrected chi connectivity index (χ0v) is 13.6. The number of benzene rings is 1. The predicted molar refractivity (Wildman–Crippen MR) is 87.1 cm³/mol. The SMILES string of the molecule is Cc1cc(-c2nc(Cl)c3c(Cl)ccc(C)c3n2)sc1C. The van der Waals surface area contributed by atoms with Crippen molar-refractivity contribution in [1.29, 1.82) is 0 Å². The number of rotatable bonds is 1. The van der Waals surface area contributed by atoms with E-state index in [9.17, 15) is 0 Å². The van der Waals surface area contributed by atoms with Crippen LogP contribution in [-0.4, -0.2) is 9.97 Å². The van der Waals surface area contributed by atoms with Gasteiger partial charge < -0.3 is 0 Å². The molecule has 102 valence electrons. The molecule has 0 amide bonds. The Labute approximate surface area is 131 Å². The van der Waals surface area contributed by atoms with Gasteiger partial charge in [0.25, 0.3) is 0 Å². The number of hydrogen-bond donors (Lipinski definition) is 0. The van der Waals surface area contributed by atoms with Gasteiger partial charge in [-0.2, -0.15) is 0 Å². The maximum atomic E-state index is 6.31. The molecule has 1 aromatic carbocycles. The molecule has 0 radical (unpaired) electrons. The van der Waals surface area contributed by atoms with E-state index in [1.165, 1.54) is 10.4 Å². The van der Waals surface area contributed by atoms with Crippen molar-refractivity contribution < 1.29 is 0 Å². The lowest BCUT2D eigenvalue weighted by atomic mass is 10.1. The summed E-state index contributed by atoms with van der Waals surface area (Å²) in [5.74, 6) is 0.661. The molecule has 0 unspecified atom stereocenters. The van der Waals surface area contributed by atoms with E-state index >= 15 is 0 Å². The van der Waals surface area contributed by atoms with Crippen LogP contribution >= 0.6 is 34.5 Å². The standard InChI is InChI=1S/C15H12Cl2N2S/c1-7-4-5-10(16)12-13(7)18-15(19-14(12)17)11-6-8(2)9(3)20-11/h4-6H,1-3H3. The van der Waals surface area contributed by atoms with Gasteiger partial charge in [0, 0.05) is 4.88 Å². The number of thiophene rings is 1.